The van der Waals surface area contributed by atoms with Crippen LogP contribution >= 0.6 is 0 Å². The molecule has 28 heavy (non-hydrogen) atoms. The van der Waals surface area contributed by atoms with E-state index in [9.17, 15) is 0 Å². The topological polar surface area (TPSA) is 60.9 Å². The van der Waals surface area contributed by atoms with E-state index in [1.165, 1.54) is 11.1 Å². The highest BCUT2D eigenvalue weighted by molar-refractivity contribution is 5.82. The predicted molar refractivity (Wildman–Crippen MR) is 110 cm³/mol. The van der Waals surface area contributed by atoms with Crippen LogP contribution in [0.1, 0.15) is 28.1 Å². The van der Waals surface area contributed by atoms with Gasteiger partial charge in [0.1, 0.15) is 6.33 Å². The fraction of sp³-hybridized carbons (Fsp3) is 0.182. The number of rotatable bonds is 5. The molecular weight excluding hydrogens is 348 g/mol. The molecule has 0 aliphatic heterocycles. The van der Waals surface area contributed by atoms with Crippen molar-refractivity contribution in [1.82, 2.24) is 24.7 Å². The van der Waals surface area contributed by atoms with Crippen LogP contribution in [0.5, 0.6) is 0 Å². The molecule has 0 aliphatic carbocycles. The van der Waals surface area contributed by atoms with Crippen LogP contribution in [0.25, 0.3) is 11.4 Å². The Hall–Kier alpha value is -3.54. The average Bonchev–Trinajstić information content (AvgIpc) is 3.28. The highest BCUT2D eigenvalue weighted by atomic mass is 15.4. The molecule has 0 saturated heterocycles. The summed E-state index contributed by atoms with van der Waals surface area (Å²) in [5.41, 5.74) is 6.50. The van der Waals surface area contributed by atoms with E-state index in [-0.39, 0.29) is 0 Å². The Morgan fingerprint density at radius 3 is 2.46 bits per heavy atom. The van der Waals surface area contributed by atoms with Crippen molar-refractivity contribution in [3.63, 3.8) is 0 Å². The van der Waals surface area contributed by atoms with Gasteiger partial charge in [0, 0.05) is 16.8 Å². The SMILES string of the molecule is Cc1ccc(Cn2nc(C)c(/C=N\n3cnnc3-c3ccccc3)c2C)cc1. The molecule has 4 aromatic rings. The summed E-state index contributed by atoms with van der Waals surface area (Å²) < 4.78 is 3.71. The Balaban J connectivity index is 1.60. The van der Waals surface area contributed by atoms with Crippen molar-refractivity contribution in [3.05, 3.63) is 89.0 Å². The molecule has 0 amide bonds. The van der Waals surface area contributed by atoms with Crippen LogP contribution in [0.3, 0.4) is 0 Å². The van der Waals surface area contributed by atoms with Gasteiger partial charge in [0.2, 0.25) is 0 Å². The van der Waals surface area contributed by atoms with Crippen LogP contribution < -0.4 is 0 Å². The van der Waals surface area contributed by atoms with Gasteiger partial charge in [0.05, 0.1) is 18.5 Å². The van der Waals surface area contributed by atoms with Crippen LogP contribution in [0.4, 0.5) is 0 Å². The summed E-state index contributed by atoms with van der Waals surface area (Å²) in [4.78, 5) is 0. The maximum Gasteiger partial charge on any atom is 0.184 e. The first-order chi connectivity index (χ1) is 13.6. The van der Waals surface area contributed by atoms with Gasteiger partial charge in [-0.15, -0.1) is 10.2 Å². The molecule has 2 aromatic heterocycles. The van der Waals surface area contributed by atoms with E-state index in [1.807, 2.05) is 48.2 Å². The van der Waals surface area contributed by atoms with Crippen LogP contribution in [0, 0.1) is 20.8 Å². The molecule has 0 N–H and O–H groups in total. The maximum atomic E-state index is 4.69. The summed E-state index contributed by atoms with van der Waals surface area (Å²) in [6.07, 6.45) is 3.44. The molecule has 140 valence electrons. The lowest BCUT2D eigenvalue weighted by atomic mass is 10.1. The van der Waals surface area contributed by atoms with Gasteiger partial charge in [-0.1, -0.05) is 60.2 Å². The van der Waals surface area contributed by atoms with Gasteiger partial charge in [-0.2, -0.15) is 14.9 Å². The van der Waals surface area contributed by atoms with Crippen LogP contribution in [0.2, 0.25) is 0 Å². The number of hydrogen-bond acceptors (Lipinski definition) is 4. The second-order valence-electron chi connectivity index (χ2n) is 6.84. The zero-order valence-corrected chi connectivity index (χ0v) is 16.2. The van der Waals surface area contributed by atoms with Crippen molar-refractivity contribution in [2.24, 2.45) is 5.10 Å². The van der Waals surface area contributed by atoms with E-state index in [0.717, 1.165) is 29.1 Å². The van der Waals surface area contributed by atoms with Gasteiger partial charge in [-0.05, 0) is 26.3 Å². The van der Waals surface area contributed by atoms with Crippen molar-refractivity contribution in [2.45, 2.75) is 27.3 Å². The summed E-state index contributed by atoms with van der Waals surface area (Å²) in [6.45, 7) is 6.91. The minimum absolute atomic E-state index is 0.708. The summed E-state index contributed by atoms with van der Waals surface area (Å²) in [6, 6.07) is 18.4. The van der Waals surface area contributed by atoms with Crippen molar-refractivity contribution >= 4 is 6.21 Å². The third-order valence-electron chi connectivity index (χ3n) is 4.76. The van der Waals surface area contributed by atoms with Gasteiger partial charge >= 0.3 is 0 Å². The summed E-state index contributed by atoms with van der Waals surface area (Å²) in [5, 5.41) is 17.5. The molecule has 0 fully saturated rings. The third kappa shape index (κ3) is 3.62. The van der Waals surface area contributed by atoms with Crippen LogP contribution in [-0.2, 0) is 6.54 Å². The molecule has 0 unspecified atom stereocenters. The van der Waals surface area contributed by atoms with Crippen molar-refractivity contribution in [2.75, 3.05) is 0 Å². The highest BCUT2D eigenvalue weighted by Crippen LogP contribution is 2.17. The largest absolute Gasteiger partial charge is 0.265 e. The van der Waals surface area contributed by atoms with Gasteiger partial charge in [-0.3, -0.25) is 4.68 Å². The normalized spacial score (nSPS) is 11.4. The van der Waals surface area contributed by atoms with Gasteiger partial charge in [0.15, 0.2) is 5.82 Å². The fourth-order valence-corrected chi connectivity index (χ4v) is 3.13. The van der Waals surface area contributed by atoms with E-state index < -0.39 is 0 Å². The number of benzene rings is 2. The van der Waals surface area contributed by atoms with Crippen molar-refractivity contribution in [3.8, 4) is 11.4 Å². The fourth-order valence-electron chi connectivity index (χ4n) is 3.13. The first-order valence-corrected chi connectivity index (χ1v) is 9.21. The third-order valence-corrected chi connectivity index (χ3v) is 4.76. The van der Waals surface area contributed by atoms with E-state index in [2.05, 4.69) is 53.4 Å². The molecule has 0 saturated carbocycles. The monoisotopic (exact) mass is 370 g/mol. The van der Waals surface area contributed by atoms with E-state index in [4.69, 9.17) is 5.10 Å². The smallest absolute Gasteiger partial charge is 0.184 e. The average molecular weight is 370 g/mol. The maximum absolute atomic E-state index is 4.69. The van der Waals surface area contributed by atoms with Crippen LogP contribution in [-0.4, -0.2) is 30.9 Å². The quantitative estimate of drug-likeness (QED) is 0.499. The summed E-state index contributed by atoms with van der Waals surface area (Å²) in [5.74, 6) is 0.708. The highest BCUT2D eigenvalue weighted by Gasteiger charge is 2.11. The lowest BCUT2D eigenvalue weighted by Gasteiger charge is -2.05. The van der Waals surface area contributed by atoms with E-state index >= 15 is 0 Å². The molecular formula is C22H22N6. The molecule has 0 spiro atoms. The number of nitrogens with zero attached hydrogens (tertiary/aromatic N) is 6. The molecule has 0 bridgehead atoms. The lowest BCUT2D eigenvalue weighted by Crippen LogP contribution is -2.04. The molecule has 6 heteroatoms. The first kappa shape index (κ1) is 17.9. The van der Waals surface area contributed by atoms with Crippen LogP contribution in [0.15, 0.2) is 66.0 Å². The molecule has 2 aromatic carbocycles. The van der Waals surface area contributed by atoms with Gasteiger partial charge in [-0.25, -0.2) is 0 Å². The molecule has 6 nitrogen and oxygen atoms in total. The first-order valence-electron chi connectivity index (χ1n) is 9.21. The standard InChI is InChI=1S/C22H22N6/c1-16-9-11-19(12-10-16)14-27-18(3)21(17(2)26-27)13-24-28-15-23-25-22(28)20-7-5-4-6-8-20/h4-13,15H,14H2,1-3H3/b24-13-. The van der Waals surface area contributed by atoms with Crippen molar-refractivity contribution < 1.29 is 0 Å². The van der Waals surface area contributed by atoms with E-state index in [0.29, 0.717) is 5.82 Å². The minimum atomic E-state index is 0.708. The van der Waals surface area contributed by atoms with Gasteiger partial charge in [0.25, 0.3) is 0 Å². The Kier molecular flexibility index (Phi) is 4.85. The Morgan fingerprint density at radius 2 is 1.71 bits per heavy atom. The Morgan fingerprint density at radius 1 is 0.964 bits per heavy atom. The Labute approximate surface area is 164 Å². The number of aryl methyl sites for hydroxylation is 2. The lowest BCUT2D eigenvalue weighted by molar-refractivity contribution is 0.659. The van der Waals surface area contributed by atoms with Crippen molar-refractivity contribution in [1.29, 1.82) is 0 Å². The summed E-state index contributed by atoms with van der Waals surface area (Å²) >= 11 is 0. The summed E-state index contributed by atoms with van der Waals surface area (Å²) in [7, 11) is 0. The molecule has 0 atom stereocenters. The second kappa shape index (κ2) is 7.60. The van der Waals surface area contributed by atoms with E-state index in [1.54, 1.807) is 11.0 Å². The second-order valence-corrected chi connectivity index (χ2v) is 6.84. The predicted octanol–water partition coefficient (Wildman–Crippen LogP) is 4.00. The molecule has 0 radical (unpaired) electrons. The minimum Gasteiger partial charge on any atom is -0.265 e. The molecule has 2 heterocycles. The zero-order valence-electron chi connectivity index (χ0n) is 16.2. The Bertz CT molecular complexity index is 1100. The number of hydrogen-bond donors (Lipinski definition) is 0. The molecule has 0 aliphatic rings. The molecule has 4 rings (SSSR count). The zero-order chi connectivity index (χ0) is 19.5. The number of aromatic nitrogens is 5. The van der Waals surface area contributed by atoms with Gasteiger partial charge < -0.3 is 0 Å².